The Morgan fingerprint density at radius 3 is 2.36 bits per heavy atom. The highest BCUT2D eigenvalue weighted by Crippen LogP contribution is 2.39. The van der Waals surface area contributed by atoms with Gasteiger partial charge in [0.15, 0.2) is 0 Å². The maximum absolute atomic E-state index is 12.6. The minimum Gasteiger partial charge on any atom is -0.350 e. The van der Waals surface area contributed by atoms with E-state index in [1.807, 2.05) is 60.7 Å². The minimum absolute atomic E-state index is 0.0533. The van der Waals surface area contributed by atoms with Gasteiger partial charge in [-0.15, -0.1) is 0 Å². The summed E-state index contributed by atoms with van der Waals surface area (Å²) in [6.07, 6.45) is 2.64. The van der Waals surface area contributed by atoms with E-state index in [1.165, 1.54) is 0 Å². The highest BCUT2D eigenvalue weighted by Gasteiger charge is 2.46. The molecule has 5 rings (SSSR count). The van der Waals surface area contributed by atoms with Crippen molar-refractivity contribution in [3.8, 4) is 5.69 Å². The number of aromatic nitrogens is 4. The molecule has 142 valence electrons. The second-order valence-electron chi connectivity index (χ2n) is 7.65. The van der Waals surface area contributed by atoms with Gasteiger partial charge >= 0.3 is 0 Å². The Hall–Kier alpha value is -3.22. The van der Waals surface area contributed by atoms with Crippen LogP contribution < -0.4 is 10.2 Å². The summed E-state index contributed by atoms with van der Waals surface area (Å²) in [5.74, 6) is 0.848. The fraction of sp³-hybridized carbons (Fsp3) is 0.333. The Kier molecular flexibility index (Phi) is 4.07. The molecule has 28 heavy (non-hydrogen) atoms. The molecule has 7 nitrogen and oxygen atoms in total. The van der Waals surface area contributed by atoms with E-state index < -0.39 is 0 Å². The molecule has 7 heteroatoms. The summed E-state index contributed by atoms with van der Waals surface area (Å²) in [6, 6.07) is 20.0. The summed E-state index contributed by atoms with van der Waals surface area (Å²) < 4.78 is 1.78. The van der Waals surface area contributed by atoms with Gasteiger partial charge < -0.3 is 10.2 Å². The molecule has 2 aliphatic heterocycles. The number of hydrogen-bond acceptors (Lipinski definition) is 5. The Balaban J connectivity index is 1.32. The van der Waals surface area contributed by atoms with Crippen molar-refractivity contribution in [2.24, 2.45) is 0 Å². The largest absolute Gasteiger partial charge is 0.350 e. The van der Waals surface area contributed by atoms with Gasteiger partial charge in [-0.3, -0.25) is 4.79 Å². The number of amides is 1. The summed E-state index contributed by atoms with van der Waals surface area (Å²) in [5, 5.41) is 15.6. The number of benzene rings is 2. The Labute approximate surface area is 163 Å². The van der Waals surface area contributed by atoms with Crippen LogP contribution in [0.1, 0.15) is 30.7 Å². The van der Waals surface area contributed by atoms with Gasteiger partial charge in [0, 0.05) is 18.6 Å². The maximum atomic E-state index is 12.6. The molecule has 1 aromatic heterocycles. The van der Waals surface area contributed by atoms with Crippen molar-refractivity contribution < 1.29 is 4.79 Å². The molecule has 0 aliphatic carbocycles. The summed E-state index contributed by atoms with van der Waals surface area (Å²) in [7, 11) is 0. The molecule has 2 saturated heterocycles. The normalized spacial score (nSPS) is 21.1. The summed E-state index contributed by atoms with van der Waals surface area (Å²) in [4.78, 5) is 14.8. The van der Waals surface area contributed by atoms with Crippen LogP contribution in [0.4, 0.5) is 5.95 Å². The average Bonchev–Trinajstić information content (AvgIpc) is 3.35. The zero-order chi connectivity index (χ0) is 19.0. The van der Waals surface area contributed by atoms with Gasteiger partial charge in [0.25, 0.3) is 0 Å². The summed E-state index contributed by atoms with van der Waals surface area (Å²) in [5.41, 5.74) is 1.92. The number of rotatable bonds is 3. The molecule has 1 amide bonds. The third-order valence-electron chi connectivity index (χ3n) is 5.96. The number of anilines is 1. The number of nitrogens with one attached hydrogen (secondary N) is 1. The summed E-state index contributed by atoms with van der Waals surface area (Å²) in [6.45, 7) is 1.63. The van der Waals surface area contributed by atoms with E-state index >= 15 is 0 Å². The molecule has 0 saturated carbocycles. The number of nitrogens with zero attached hydrogens (tertiary/aromatic N) is 5. The Morgan fingerprint density at radius 1 is 0.964 bits per heavy atom. The number of carbonyl (C=O) groups is 1. The molecular formula is C21H22N6O. The Morgan fingerprint density at radius 2 is 1.64 bits per heavy atom. The van der Waals surface area contributed by atoms with E-state index in [0.29, 0.717) is 0 Å². The van der Waals surface area contributed by atoms with Crippen LogP contribution in [0.2, 0.25) is 0 Å². The number of hydrogen-bond donors (Lipinski definition) is 1. The molecule has 3 heterocycles. The number of piperidine rings is 1. The first-order valence-electron chi connectivity index (χ1n) is 9.70. The third-order valence-corrected chi connectivity index (χ3v) is 5.96. The van der Waals surface area contributed by atoms with Crippen molar-refractivity contribution in [3.63, 3.8) is 0 Å². The lowest BCUT2D eigenvalue weighted by Gasteiger charge is -2.39. The first-order chi connectivity index (χ1) is 13.7. The molecule has 1 atom stereocenters. The second kappa shape index (κ2) is 6.74. The van der Waals surface area contributed by atoms with Gasteiger partial charge in [-0.2, -0.15) is 4.68 Å². The van der Waals surface area contributed by atoms with Gasteiger partial charge in [-0.05, 0) is 47.4 Å². The lowest BCUT2D eigenvalue weighted by atomic mass is 9.82. The van der Waals surface area contributed by atoms with Crippen LogP contribution in [0.3, 0.4) is 0 Å². The van der Waals surface area contributed by atoms with Gasteiger partial charge in [0.1, 0.15) is 0 Å². The van der Waals surface area contributed by atoms with Crippen molar-refractivity contribution in [2.75, 3.05) is 18.0 Å². The standard InChI is InChI=1S/C21H22N6O/c28-19-18(16-7-3-1-4-8-16)15-21(22-19)11-13-26(14-12-21)20-23-24-25-27(20)17-9-5-2-6-10-17/h1-10,18H,11-15H2,(H,22,28). The van der Waals surface area contributed by atoms with E-state index in [1.54, 1.807) is 4.68 Å². The van der Waals surface area contributed by atoms with Crippen LogP contribution in [0.25, 0.3) is 5.69 Å². The number of para-hydroxylation sites is 1. The Bertz CT molecular complexity index is 963. The van der Waals surface area contributed by atoms with Crippen molar-refractivity contribution in [1.29, 1.82) is 0 Å². The zero-order valence-electron chi connectivity index (χ0n) is 15.5. The van der Waals surface area contributed by atoms with Crippen molar-refractivity contribution in [3.05, 3.63) is 66.2 Å². The van der Waals surface area contributed by atoms with Crippen LogP contribution in [0.15, 0.2) is 60.7 Å². The fourth-order valence-electron chi connectivity index (χ4n) is 4.42. The maximum Gasteiger partial charge on any atom is 0.250 e. The molecule has 0 bridgehead atoms. The molecule has 1 unspecified atom stereocenters. The lowest BCUT2D eigenvalue weighted by Crippen LogP contribution is -2.51. The highest BCUT2D eigenvalue weighted by molar-refractivity contribution is 5.87. The molecule has 2 aliphatic rings. The van der Waals surface area contributed by atoms with E-state index in [0.717, 1.165) is 49.6 Å². The quantitative estimate of drug-likeness (QED) is 0.761. The smallest absolute Gasteiger partial charge is 0.250 e. The van der Waals surface area contributed by atoms with Crippen LogP contribution in [0.5, 0.6) is 0 Å². The van der Waals surface area contributed by atoms with E-state index in [2.05, 4.69) is 25.7 Å². The topological polar surface area (TPSA) is 75.9 Å². The van der Waals surface area contributed by atoms with Crippen LogP contribution in [-0.2, 0) is 4.79 Å². The molecule has 3 aromatic rings. The molecule has 0 radical (unpaired) electrons. The first kappa shape index (κ1) is 16.9. The summed E-state index contributed by atoms with van der Waals surface area (Å²) >= 11 is 0. The van der Waals surface area contributed by atoms with Crippen molar-refractivity contribution in [1.82, 2.24) is 25.5 Å². The molecular weight excluding hydrogens is 352 g/mol. The zero-order valence-corrected chi connectivity index (χ0v) is 15.5. The van der Waals surface area contributed by atoms with Crippen LogP contribution >= 0.6 is 0 Å². The van der Waals surface area contributed by atoms with Crippen molar-refractivity contribution in [2.45, 2.75) is 30.7 Å². The minimum atomic E-state index is -0.126. The van der Waals surface area contributed by atoms with Crippen LogP contribution in [0, 0.1) is 0 Å². The van der Waals surface area contributed by atoms with E-state index in [9.17, 15) is 4.79 Å². The predicted octanol–water partition coefficient (Wildman–Crippen LogP) is 2.30. The number of tetrazole rings is 1. The average molecular weight is 374 g/mol. The van der Waals surface area contributed by atoms with Crippen LogP contribution in [-0.4, -0.2) is 44.7 Å². The number of carbonyl (C=O) groups excluding carboxylic acids is 1. The van der Waals surface area contributed by atoms with Gasteiger partial charge in [0.2, 0.25) is 11.9 Å². The fourth-order valence-corrected chi connectivity index (χ4v) is 4.42. The lowest BCUT2D eigenvalue weighted by molar-refractivity contribution is -0.121. The molecule has 2 aromatic carbocycles. The highest BCUT2D eigenvalue weighted by atomic mass is 16.2. The monoisotopic (exact) mass is 374 g/mol. The van der Waals surface area contributed by atoms with Gasteiger partial charge in [-0.25, -0.2) is 0 Å². The molecule has 1 spiro atoms. The second-order valence-corrected chi connectivity index (χ2v) is 7.65. The van der Waals surface area contributed by atoms with E-state index in [-0.39, 0.29) is 17.4 Å². The first-order valence-corrected chi connectivity index (χ1v) is 9.70. The van der Waals surface area contributed by atoms with E-state index in [4.69, 9.17) is 0 Å². The molecule has 2 fully saturated rings. The van der Waals surface area contributed by atoms with Gasteiger partial charge in [-0.1, -0.05) is 53.6 Å². The molecule has 1 N–H and O–H groups in total. The SMILES string of the molecule is O=C1NC2(CCN(c3nnnn3-c3ccccc3)CC2)CC1c1ccccc1. The third kappa shape index (κ3) is 2.93. The van der Waals surface area contributed by atoms with Crippen molar-refractivity contribution >= 4 is 11.9 Å². The predicted molar refractivity (Wildman–Crippen MR) is 105 cm³/mol. The van der Waals surface area contributed by atoms with Gasteiger partial charge in [0.05, 0.1) is 11.6 Å².